The van der Waals surface area contributed by atoms with Crippen LogP contribution in [0.3, 0.4) is 0 Å². The van der Waals surface area contributed by atoms with Crippen LogP contribution >= 0.6 is 11.8 Å². The molecule has 0 radical (unpaired) electrons. The fraction of sp³-hybridized carbons (Fsp3) is 0.261. The largest absolute Gasteiger partial charge is 0.337 e. The number of thioether (sulfide) groups is 1. The summed E-state index contributed by atoms with van der Waals surface area (Å²) in [6.07, 6.45) is 3.36. The van der Waals surface area contributed by atoms with E-state index in [1.165, 1.54) is 6.33 Å². The number of carbonyl (C=O) groups excluding carboxylic acids is 2. The van der Waals surface area contributed by atoms with E-state index in [9.17, 15) is 9.59 Å². The summed E-state index contributed by atoms with van der Waals surface area (Å²) < 4.78 is 1.61. The van der Waals surface area contributed by atoms with Crippen LogP contribution in [0.15, 0.2) is 58.7 Å². The Kier molecular flexibility index (Phi) is 6.09. The van der Waals surface area contributed by atoms with E-state index in [0.717, 1.165) is 27.3 Å². The molecule has 1 N–H and O–H groups in total. The number of aromatic nitrogens is 3. The number of likely N-dealkylation sites (N-methyl/N-ethyl adjacent to an activating group) is 1. The van der Waals surface area contributed by atoms with Gasteiger partial charge >= 0.3 is 0 Å². The molecule has 0 fully saturated rings. The first-order valence-electron chi connectivity index (χ1n) is 9.90. The van der Waals surface area contributed by atoms with Crippen LogP contribution in [0.4, 0.5) is 5.69 Å². The summed E-state index contributed by atoms with van der Waals surface area (Å²) in [5.74, 6) is -0.141. The SMILES string of the molecule is C.CN1C(=O)[C@@H](NC(=O)c2ncn(Cc3ccccc3)n2)CSc2cc3c(cc21)C=NC3. The molecule has 5 rings (SSSR count). The number of aliphatic imine (C=N–C) groups is 1. The Morgan fingerprint density at radius 3 is 2.88 bits per heavy atom. The first-order valence-corrected chi connectivity index (χ1v) is 10.9. The molecule has 9 heteroatoms. The lowest BCUT2D eigenvalue weighted by Gasteiger charge is -2.21. The van der Waals surface area contributed by atoms with Crippen LogP contribution in [0, 0.1) is 0 Å². The van der Waals surface area contributed by atoms with Crippen molar-refractivity contribution in [1.82, 2.24) is 20.1 Å². The second kappa shape index (κ2) is 8.96. The highest BCUT2D eigenvalue weighted by molar-refractivity contribution is 7.99. The van der Waals surface area contributed by atoms with Crippen LogP contribution in [0.25, 0.3) is 0 Å². The number of nitrogens with zero attached hydrogens (tertiary/aromatic N) is 5. The summed E-state index contributed by atoms with van der Waals surface area (Å²) in [7, 11) is 1.73. The average molecular weight is 449 g/mol. The van der Waals surface area contributed by atoms with Crippen molar-refractivity contribution in [2.75, 3.05) is 17.7 Å². The molecule has 0 saturated carbocycles. The quantitative estimate of drug-likeness (QED) is 0.663. The Labute approximate surface area is 190 Å². The van der Waals surface area contributed by atoms with Crippen molar-refractivity contribution in [3.63, 3.8) is 0 Å². The number of anilines is 1. The zero-order valence-electron chi connectivity index (χ0n) is 16.9. The van der Waals surface area contributed by atoms with Crippen molar-refractivity contribution < 1.29 is 9.59 Å². The number of hydrogen-bond donors (Lipinski definition) is 1. The average Bonchev–Trinajstić information content (AvgIpc) is 3.42. The molecular formula is C23H24N6O2S. The van der Waals surface area contributed by atoms with Crippen molar-refractivity contribution in [1.29, 1.82) is 0 Å². The fourth-order valence-corrected chi connectivity index (χ4v) is 4.81. The van der Waals surface area contributed by atoms with Crippen LogP contribution in [0.1, 0.15) is 34.7 Å². The molecule has 0 aliphatic carbocycles. The van der Waals surface area contributed by atoms with Crippen molar-refractivity contribution in [3.05, 3.63) is 71.3 Å². The molecule has 8 nitrogen and oxygen atoms in total. The van der Waals surface area contributed by atoms with E-state index in [4.69, 9.17) is 0 Å². The first-order chi connectivity index (χ1) is 15.1. The normalized spacial score (nSPS) is 16.7. The number of fused-ring (bicyclic) bond motifs is 2. The summed E-state index contributed by atoms with van der Waals surface area (Å²) in [6, 6.07) is 13.2. The molecule has 3 heterocycles. The Balaban J connectivity index is 0.00000245. The molecule has 2 amide bonds. The zero-order valence-corrected chi connectivity index (χ0v) is 17.7. The monoisotopic (exact) mass is 448 g/mol. The molecule has 2 aliphatic heterocycles. The molecule has 32 heavy (non-hydrogen) atoms. The molecule has 1 aromatic heterocycles. The Hall–Kier alpha value is -3.46. The van der Waals surface area contributed by atoms with Gasteiger partial charge in [0.05, 0.1) is 18.8 Å². The van der Waals surface area contributed by atoms with Gasteiger partial charge in [-0.2, -0.15) is 0 Å². The van der Waals surface area contributed by atoms with Gasteiger partial charge in [-0.3, -0.25) is 14.6 Å². The second-order valence-corrected chi connectivity index (χ2v) is 8.54. The Bertz CT molecular complexity index is 1190. The minimum absolute atomic E-state index is 0. The topological polar surface area (TPSA) is 92.5 Å². The molecule has 164 valence electrons. The maximum absolute atomic E-state index is 13.0. The maximum atomic E-state index is 13.0. The van der Waals surface area contributed by atoms with E-state index >= 15 is 0 Å². The van der Waals surface area contributed by atoms with Gasteiger partial charge in [0, 0.05) is 23.9 Å². The standard InChI is InChI=1S/C22H20N6O2S.CH4/c1-27-18-7-15-9-23-10-16(15)8-19(18)31-12-17(22(27)30)25-21(29)20-24-13-28(26-20)11-14-5-3-2-4-6-14;/h2-9,13,17H,10-12H2,1H3,(H,25,29);1H4/t17-;/m0./s1. The predicted octanol–water partition coefficient (Wildman–Crippen LogP) is 2.76. The van der Waals surface area contributed by atoms with E-state index in [1.54, 1.807) is 28.4 Å². The molecule has 3 aromatic rings. The van der Waals surface area contributed by atoms with Gasteiger partial charge in [0.2, 0.25) is 11.7 Å². The van der Waals surface area contributed by atoms with Gasteiger partial charge in [0.1, 0.15) is 12.4 Å². The van der Waals surface area contributed by atoms with Crippen LogP contribution in [0.5, 0.6) is 0 Å². The van der Waals surface area contributed by atoms with Crippen molar-refractivity contribution in [2.45, 2.75) is 31.5 Å². The third kappa shape index (κ3) is 4.16. The minimum Gasteiger partial charge on any atom is -0.337 e. The van der Waals surface area contributed by atoms with E-state index < -0.39 is 11.9 Å². The third-order valence-electron chi connectivity index (χ3n) is 5.34. The molecular weight excluding hydrogens is 424 g/mol. The smallest absolute Gasteiger partial charge is 0.291 e. The molecule has 1 atom stereocenters. The third-order valence-corrected chi connectivity index (χ3v) is 6.48. The van der Waals surface area contributed by atoms with E-state index in [2.05, 4.69) is 26.5 Å². The van der Waals surface area contributed by atoms with Gasteiger partial charge in [-0.25, -0.2) is 9.67 Å². The van der Waals surface area contributed by atoms with Crippen LogP contribution in [-0.4, -0.2) is 51.6 Å². The van der Waals surface area contributed by atoms with Gasteiger partial charge in [-0.15, -0.1) is 16.9 Å². The zero-order chi connectivity index (χ0) is 21.4. The highest BCUT2D eigenvalue weighted by atomic mass is 32.2. The Morgan fingerprint density at radius 2 is 2.06 bits per heavy atom. The molecule has 0 spiro atoms. The van der Waals surface area contributed by atoms with Crippen LogP contribution in [0.2, 0.25) is 0 Å². The lowest BCUT2D eigenvalue weighted by molar-refractivity contribution is -0.119. The Morgan fingerprint density at radius 1 is 1.25 bits per heavy atom. The number of nitrogens with one attached hydrogen (secondary N) is 1. The summed E-state index contributed by atoms with van der Waals surface area (Å²) in [6.45, 7) is 1.18. The highest BCUT2D eigenvalue weighted by Crippen LogP contribution is 2.37. The molecule has 0 unspecified atom stereocenters. The molecule has 0 saturated heterocycles. The number of benzene rings is 2. The highest BCUT2D eigenvalue weighted by Gasteiger charge is 2.31. The summed E-state index contributed by atoms with van der Waals surface area (Å²) in [5, 5.41) is 7.08. The maximum Gasteiger partial charge on any atom is 0.291 e. The van der Waals surface area contributed by atoms with E-state index in [1.807, 2.05) is 42.6 Å². The summed E-state index contributed by atoms with van der Waals surface area (Å²) in [5.41, 5.74) is 4.09. The van der Waals surface area contributed by atoms with Gasteiger partial charge in [-0.05, 0) is 28.8 Å². The number of amides is 2. The van der Waals surface area contributed by atoms with Crippen molar-refractivity contribution >= 4 is 35.5 Å². The second-order valence-electron chi connectivity index (χ2n) is 7.47. The van der Waals surface area contributed by atoms with Gasteiger partial charge in [0.25, 0.3) is 5.91 Å². The molecule has 2 aromatic carbocycles. The predicted molar refractivity (Wildman–Crippen MR) is 125 cm³/mol. The van der Waals surface area contributed by atoms with Gasteiger partial charge < -0.3 is 10.2 Å². The minimum atomic E-state index is -0.667. The lowest BCUT2D eigenvalue weighted by atomic mass is 10.1. The van der Waals surface area contributed by atoms with E-state index in [0.29, 0.717) is 18.8 Å². The van der Waals surface area contributed by atoms with Crippen molar-refractivity contribution in [2.24, 2.45) is 4.99 Å². The van der Waals surface area contributed by atoms with Crippen LogP contribution in [-0.2, 0) is 17.9 Å². The molecule has 0 bridgehead atoms. The first kappa shape index (κ1) is 21.8. The number of carbonyl (C=O) groups is 2. The summed E-state index contributed by atoms with van der Waals surface area (Å²) in [4.78, 5) is 36.8. The van der Waals surface area contributed by atoms with Crippen molar-refractivity contribution in [3.8, 4) is 0 Å². The van der Waals surface area contributed by atoms with Gasteiger partial charge in [0.15, 0.2) is 0 Å². The molecule has 2 aliphatic rings. The number of rotatable bonds is 4. The lowest BCUT2D eigenvalue weighted by Crippen LogP contribution is -2.48. The fourth-order valence-electron chi connectivity index (χ4n) is 3.67. The number of hydrogen-bond acceptors (Lipinski definition) is 6. The summed E-state index contributed by atoms with van der Waals surface area (Å²) >= 11 is 1.56. The van der Waals surface area contributed by atoms with Crippen LogP contribution < -0.4 is 10.2 Å². The van der Waals surface area contributed by atoms with E-state index in [-0.39, 0.29) is 19.2 Å². The van der Waals surface area contributed by atoms with Gasteiger partial charge in [-0.1, -0.05) is 37.8 Å².